The first-order chi connectivity index (χ1) is 13.4. The van der Waals surface area contributed by atoms with E-state index in [9.17, 15) is 14.7 Å². The Bertz CT molecular complexity index is 829. The molecule has 150 valence electrons. The molecule has 3 rings (SSSR count). The van der Waals surface area contributed by atoms with E-state index in [1.807, 2.05) is 0 Å². The number of nitrogens with zero attached hydrogens (tertiary/aromatic N) is 1. The lowest BCUT2D eigenvalue weighted by Gasteiger charge is -2.18. The molecule has 2 saturated heterocycles. The second-order valence-electron chi connectivity index (χ2n) is 6.15. The molecule has 2 aliphatic heterocycles. The van der Waals surface area contributed by atoms with Gasteiger partial charge in [-0.25, -0.2) is 0 Å². The van der Waals surface area contributed by atoms with Gasteiger partial charge >= 0.3 is 0 Å². The fraction of sp³-hybridized carbons (Fsp3) is 0.389. The van der Waals surface area contributed by atoms with Crippen molar-refractivity contribution in [2.75, 3.05) is 32.3 Å². The number of hydrogen-bond donors (Lipinski definition) is 2. The minimum absolute atomic E-state index is 0.171. The van der Waals surface area contributed by atoms with E-state index in [-0.39, 0.29) is 24.4 Å². The second kappa shape index (κ2) is 9.17. The first-order valence-electron chi connectivity index (χ1n) is 8.45. The van der Waals surface area contributed by atoms with Crippen molar-refractivity contribution >= 4 is 58.0 Å². The molecule has 0 radical (unpaired) electrons. The highest BCUT2D eigenvalue weighted by Gasteiger charge is 2.35. The lowest BCUT2D eigenvalue weighted by Crippen LogP contribution is -2.47. The molecule has 0 unspecified atom stereocenters. The Morgan fingerprint density at radius 1 is 1.39 bits per heavy atom. The van der Waals surface area contributed by atoms with Crippen molar-refractivity contribution in [3.05, 3.63) is 28.7 Å². The van der Waals surface area contributed by atoms with Crippen LogP contribution < -0.4 is 14.8 Å². The van der Waals surface area contributed by atoms with E-state index < -0.39 is 6.10 Å². The number of carbonyl (C=O) groups is 2. The van der Waals surface area contributed by atoms with E-state index in [1.165, 1.54) is 12.0 Å². The van der Waals surface area contributed by atoms with Gasteiger partial charge in [-0.1, -0.05) is 24.0 Å². The third-order valence-electron chi connectivity index (χ3n) is 4.30. The molecule has 1 aromatic rings. The van der Waals surface area contributed by atoms with Gasteiger partial charge in [-0.05, 0) is 18.2 Å². The zero-order chi connectivity index (χ0) is 20.3. The van der Waals surface area contributed by atoms with Gasteiger partial charge in [0.15, 0.2) is 0 Å². The van der Waals surface area contributed by atoms with Gasteiger partial charge in [-0.15, -0.1) is 0 Å². The Morgan fingerprint density at radius 3 is 2.82 bits per heavy atom. The Hall–Kier alpha value is -1.75. The standard InChI is InChI=1S/C18H20N2O5S3/c1-24-11-4-3-10(14(6-11)25-2)5-15-17(23)20(18(26)28-15)7-16(22)19-12-8-27-9-13(12)21/h3-6,12-13,21H,7-9H2,1-2H3,(H,19,22)/b15-5+/t12-,13+/m1/s1. The maximum absolute atomic E-state index is 12.7. The smallest absolute Gasteiger partial charge is 0.266 e. The van der Waals surface area contributed by atoms with Crippen LogP contribution in [0.1, 0.15) is 5.56 Å². The average Bonchev–Trinajstić information content (AvgIpc) is 3.19. The molecule has 28 heavy (non-hydrogen) atoms. The summed E-state index contributed by atoms with van der Waals surface area (Å²) in [7, 11) is 3.10. The van der Waals surface area contributed by atoms with Crippen LogP contribution in [0.4, 0.5) is 0 Å². The summed E-state index contributed by atoms with van der Waals surface area (Å²) in [6.45, 7) is -0.171. The molecule has 2 heterocycles. The molecule has 2 N–H and O–H groups in total. The number of ether oxygens (including phenoxy) is 2. The van der Waals surface area contributed by atoms with E-state index in [0.717, 1.165) is 11.8 Å². The number of amides is 2. The van der Waals surface area contributed by atoms with Gasteiger partial charge in [0.2, 0.25) is 5.91 Å². The molecule has 10 heteroatoms. The number of hydrogen-bond acceptors (Lipinski definition) is 8. The van der Waals surface area contributed by atoms with Gasteiger partial charge in [0, 0.05) is 23.1 Å². The van der Waals surface area contributed by atoms with Gasteiger partial charge in [-0.3, -0.25) is 14.5 Å². The summed E-state index contributed by atoms with van der Waals surface area (Å²) in [6, 6.07) is 4.99. The van der Waals surface area contributed by atoms with E-state index in [4.69, 9.17) is 21.7 Å². The molecule has 0 spiro atoms. The summed E-state index contributed by atoms with van der Waals surface area (Å²) >= 11 is 8.00. The number of methoxy groups -OCH3 is 2. The average molecular weight is 441 g/mol. The molecule has 0 saturated carbocycles. The highest BCUT2D eigenvalue weighted by atomic mass is 32.2. The summed E-state index contributed by atoms with van der Waals surface area (Å²) in [6.07, 6.45) is 1.12. The van der Waals surface area contributed by atoms with Crippen molar-refractivity contribution in [1.82, 2.24) is 10.2 Å². The first-order valence-corrected chi connectivity index (χ1v) is 10.8. The number of thiocarbonyl (C=S) groups is 1. The van der Waals surface area contributed by atoms with Crippen LogP contribution in [-0.4, -0.2) is 70.6 Å². The fourth-order valence-electron chi connectivity index (χ4n) is 2.79. The monoisotopic (exact) mass is 440 g/mol. The molecule has 0 aromatic heterocycles. The third kappa shape index (κ3) is 4.62. The van der Waals surface area contributed by atoms with Crippen LogP contribution in [-0.2, 0) is 9.59 Å². The van der Waals surface area contributed by atoms with Gasteiger partial charge in [0.05, 0.1) is 31.3 Å². The second-order valence-corrected chi connectivity index (χ2v) is 8.91. The van der Waals surface area contributed by atoms with E-state index in [1.54, 1.807) is 43.1 Å². The molecule has 0 aliphatic carbocycles. The van der Waals surface area contributed by atoms with Crippen molar-refractivity contribution in [2.45, 2.75) is 12.1 Å². The number of nitrogens with one attached hydrogen (secondary N) is 1. The van der Waals surface area contributed by atoms with Crippen molar-refractivity contribution in [2.24, 2.45) is 0 Å². The minimum atomic E-state index is -0.567. The first kappa shape index (κ1) is 21.0. The van der Waals surface area contributed by atoms with Crippen molar-refractivity contribution in [1.29, 1.82) is 0 Å². The Labute approximate surface area is 176 Å². The molecule has 2 fully saturated rings. The van der Waals surface area contributed by atoms with Crippen LogP contribution in [0, 0.1) is 0 Å². The SMILES string of the molecule is COc1ccc(/C=C2/SC(=S)N(CC(=O)N[C@@H]3CSC[C@@H]3O)C2=O)c(OC)c1. The van der Waals surface area contributed by atoms with Crippen LogP contribution >= 0.6 is 35.7 Å². The zero-order valence-electron chi connectivity index (χ0n) is 15.3. The molecule has 7 nitrogen and oxygen atoms in total. The lowest BCUT2D eigenvalue weighted by atomic mass is 10.1. The highest BCUT2D eigenvalue weighted by molar-refractivity contribution is 8.26. The summed E-state index contributed by atoms with van der Waals surface area (Å²) in [4.78, 5) is 26.7. The minimum Gasteiger partial charge on any atom is -0.497 e. The van der Waals surface area contributed by atoms with E-state index >= 15 is 0 Å². The normalized spacial score (nSPS) is 23.4. The Balaban J connectivity index is 1.71. The predicted octanol–water partition coefficient (Wildman–Crippen LogP) is 1.50. The van der Waals surface area contributed by atoms with E-state index in [2.05, 4.69) is 5.32 Å². The quantitative estimate of drug-likeness (QED) is 0.508. The van der Waals surface area contributed by atoms with Gasteiger partial charge in [-0.2, -0.15) is 11.8 Å². The van der Waals surface area contributed by atoms with Crippen LogP contribution in [0.5, 0.6) is 11.5 Å². The van der Waals surface area contributed by atoms with Crippen molar-refractivity contribution in [3.63, 3.8) is 0 Å². The molecule has 2 aliphatic rings. The largest absolute Gasteiger partial charge is 0.497 e. The maximum atomic E-state index is 12.7. The lowest BCUT2D eigenvalue weighted by molar-refractivity contribution is -0.129. The molecule has 0 bridgehead atoms. The molecular weight excluding hydrogens is 420 g/mol. The van der Waals surface area contributed by atoms with Gasteiger partial charge in [0.25, 0.3) is 5.91 Å². The molecule has 2 atom stereocenters. The topological polar surface area (TPSA) is 88.1 Å². The molecule has 1 aromatic carbocycles. The highest BCUT2D eigenvalue weighted by Crippen LogP contribution is 2.35. The number of aliphatic hydroxyl groups is 1. The van der Waals surface area contributed by atoms with Crippen LogP contribution in [0.25, 0.3) is 6.08 Å². The van der Waals surface area contributed by atoms with Crippen LogP contribution in [0.3, 0.4) is 0 Å². The van der Waals surface area contributed by atoms with Crippen LogP contribution in [0.15, 0.2) is 23.1 Å². The van der Waals surface area contributed by atoms with Crippen molar-refractivity contribution in [3.8, 4) is 11.5 Å². The van der Waals surface area contributed by atoms with Crippen LogP contribution in [0.2, 0.25) is 0 Å². The van der Waals surface area contributed by atoms with E-state index in [0.29, 0.717) is 37.8 Å². The van der Waals surface area contributed by atoms with Gasteiger partial charge < -0.3 is 19.9 Å². The summed E-state index contributed by atoms with van der Waals surface area (Å²) < 4.78 is 10.9. The summed E-state index contributed by atoms with van der Waals surface area (Å²) in [5.41, 5.74) is 0.708. The van der Waals surface area contributed by atoms with Gasteiger partial charge in [0.1, 0.15) is 22.4 Å². The maximum Gasteiger partial charge on any atom is 0.266 e. The molecule has 2 amide bonds. The predicted molar refractivity (Wildman–Crippen MR) is 115 cm³/mol. The Kier molecular flexibility index (Phi) is 6.86. The number of benzene rings is 1. The molecular formula is C18H20N2O5S3. The number of thioether (sulfide) groups is 2. The summed E-state index contributed by atoms with van der Waals surface area (Å²) in [5, 5.41) is 12.6. The number of aliphatic hydroxyl groups excluding tert-OH is 1. The number of rotatable bonds is 6. The Morgan fingerprint density at radius 2 is 2.18 bits per heavy atom. The number of carbonyl (C=O) groups excluding carboxylic acids is 2. The third-order valence-corrected chi connectivity index (χ3v) is 6.85. The van der Waals surface area contributed by atoms with Crippen molar-refractivity contribution < 1.29 is 24.2 Å². The fourth-order valence-corrected chi connectivity index (χ4v) is 5.21. The summed E-state index contributed by atoms with van der Waals surface area (Å²) in [5.74, 6) is 1.79. The zero-order valence-corrected chi connectivity index (χ0v) is 17.8.